The van der Waals surface area contributed by atoms with E-state index in [0.29, 0.717) is 9.78 Å². The van der Waals surface area contributed by atoms with E-state index in [1.165, 1.54) is 11.3 Å². The first kappa shape index (κ1) is 18.0. The first-order valence-electron chi connectivity index (χ1n) is 6.02. The Kier molecular flexibility index (Phi) is 5.17. The number of amides is 3. The third kappa shape index (κ3) is 2.90. The molecule has 1 aromatic carbocycles. The molecular weight excluding hydrogens is 354 g/mol. The minimum atomic E-state index is -1.04. The number of nitrogens with two attached hydrogens (primary N) is 1. The quantitative estimate of drug-likeness (QED) is 0.465. The van der Waals surface area contributed by atoms with Crippen LogP contribution in [0, 0.1) is 5.82 Å². The summed E-state index contributed by atoms with van der Waals surface area (Å²) >= 11 is 6.89. The van der Waals surface area contributed by atoms with E-state index in [-0.39, 0.29) is 57.2 Å². The Morgan fingerprint density at radius 2 is 2.09 bits per heavy atom. The first-order chi connectivity index (χ1) is 10.4. The van der Waals surface area contributed by atoms with Crippen molar-refractivity contribution < 1.29 is 19.1 Å². The molecule has 3 rings (SSSR count). The van der Waals surface area contributed by atoms with E-state index in [1.807, 2.05) is 0 Å². The van der Waals surface area contributed by atoms with Gasteiger partial charge in [-0.05, 0) is 23.6 Å². The van der Waals surface area contributed by atoms with Gasteiger partial charge in [-0.2, -0.15) is 0 Å². The summed E-state index contributed by atoms with van der Waals surface area (Å²) in [5, 5.41) is 11.8. The van der Waals surface area contributed by atoms with Crippen molar-refractivity contribution in [2.45, 2.75) is 0 Å². The Balaban J connectivity index is 0.00000192. The normalized spacial score (nSPS) is 15.2. The Morgan fingerprint density at radius 1 is 1.39 bits per heavy atom. The Labute approximate surface area is 161 Å². The van der Waals surface area contributed by atoms with Gasteiger partial charge in [0.1, 0.15) is 11.6 Å². The number of primary amides is 1. The molecule has 1 aromatic heterocycles. The van der Waals surface area contributed by atoms with Crippen molar-refractivity contribution in [3.05, 3.63) is 50.9 Å². The zero-order valence-corrected chi connectivity index (χ0v) is 12.4. The number of anilines is 1. The van der Waals surface area contributed by atoms with Gasteiger partial charge in [-0.3, -0.25) is 4.79 Å². The van der Waals surface area contributed by atoms with Crippen LogP contribution in [0.25, 0.3) is 11.3 Å². The second kappa shape index (κ2) is 6.62. The van der Waals surface area contributed by atoms with Gasteiger partial charge in [0, 0.05) is 5.56 Å². The molecule has 0 aliphatic carbocycles. The van der Waals surface area contributed by atoms with Crippen LogP contribution in [0.2, 0.25) is 5.02 Å². The van der Waals surface area contributed by atoms with E-state index in [4.69, 9.17) is 17.3 Å². The van der Waals surface area contributed by atoms with Crippen molar-refractivity contribution in [3.8, 4) is 0 Å². The fourth-order valence-corrected chi connectivity index (χ4v) is 3.07. The number of hydrogen-bond donors (Lipinski definition) is 2. The molecule has 23 heavy (non-hydrogen) atoms. The molecule has 0 radical (unpaired) electrons. The van der Waals surface area contributed by atoms with Gasteiger partial charge in [0.15, 0.2) is 0 Å². The van der Waals surface area contributed by atoms with Gasteiger partial charge in [-0.15, -0.1) is 11.3 Å². The van der Waals surface area contributed by atoms with E-state index < -0.39 is 17.8 Å². The van der Waals surface area contributed by atoms with Crippen LogP contribution < -0.4 is 10.6 Å². The predicted octanol–water partition coefficient (Wildman–Crippen LogP) is 2.74. The molecule has 0 saturated carbocycles. The monoisotopic (exact) mass is 362 g/mol. The maximum absolute atomic E-state index is 13.7. The topological polar surface area (TPSA) is 83.6 Å². The van der Waals surface area contributed by atoms with Crippen molar-refractivity contribution in [2.75, 3.05) is 4.90 Å². The number of urea groups is 1. The van der Waals surface area contributed by atoms with Gasteiger partial charge in [0.2, 0.25) is 0 Å². The molecule has 0 fully saturated rings. The van der Waals surface area contributed by atoms with E-state index in [1.54, 1.807) is 17.5 Å². The average Bonchev–Trinajstić information content (AvgIpc) is 3.05. The number of carbonyl (C=O) groups excluding carboxylic acids is 2. The molecule has 1 aliphatic rings. The molecule has 1 aliphatic heterocycles. The molecule has 0 bridgehead atoms. The van der Waals surface area contributed by atoms with Crippen LogP contribution in [0.5, 0.6) is 0 Å². The third-order valence-electron chi connectivity index (χ3n) is 3.18. The summed E-state index contributed by atoms with van der Waals surface area (Å²) in [6.45, 7) is 0. The number of nitrogens with zero attached hydrogens (tertiary/aromatic N) is 1. The Morgan fingerprint density at radius 3 is 2.65 bits per heavy atom. The average molecular weight is 363 g/mol. The van der Waals surface area contributed by atoms with E-state index in [0.717, 1.165) is 12.1 Å². The molecule has 0 saturated heterocycles. The molecule has 2 heterocycles. The summed E-state index contributed by atoms with van der Waals surface area (Å²) in [5.74, 6) is -1.93. The molecule has 114 valence electrons. The van der Waals surface area contributed by atoms with Crippen molar-refractivity contribution in [1.29, 1.82) is 0 Å². The second-order valence-corrected chi connectivity index (χ2v) is 5.82. The van der Waals surface area contributed by atoms with Crippen LogP contribution in [-0.4, -0.2) is 46.6 Å². The van der Waals surface area contributed by atoms with Gasteiger partial charge < -0.3 is 10.8 Å². The van der Waals surface area contributed by atoms with Gasteiger partial charge in [0.05, 0.1) is 21.2 Å². The molecule has 0 unspecified atom stereocenters. The number of rotatable bonds is 1. The fourth-order valence-electron chi connectivity index (χ4n) is 2.24. The summed E-state index contributed by atoms with van der Waals surface area (Å²) in [6, 6.07) is 4.37. The molecule has 9 heteroatoms. The molecule has 2 aromatic rings. The van der Waals surface area contributed by atoms with Crippen LogP contribution in [0.3, 0.4) is 0 Å². The summed E-state index contributed by atoms with van der Waals surface area (Å²) in [5.41, 5.74) is 5.12. The van der Waals surface area contributed by atoms with Gasteiger partial charge in [0.25, 0.3) is 5.91 Å². The Bertz CT molecular complexity index is 839. The minimum absolute atomic E-state index is 0. The zero-order chi connectivity index (χ0) is 16.0. The van der Waals surface area contributed by atoms with Crippen molar-refractivity contribution in [3.63, 3.8) is 0 Å². The van der Waals surface area contributed by atoms with Crippen molar-refractivity contribution in [1.82, 2.24) is 0 Å². The van der Waals surface area contributed by atoms with Crippen LogP contribution >= 0.6 is 22.9 Å². The number of halogens is 2. The predicted molar refractivity (Wildman–Crippen MR) is 89.4 cm³/mol. The van der Waals surface area contributed by atoms with E-state index >= 15 is 0 Å². The molecule has 3 amide bonds. The van der Waals surface area contributed by atoms with Gasteiger partial charge in [-0.25, -0.2) is 14.1 Å². The van der Waals surface area contributed by atoms with E-state index in [9.17, 15) is 19.1 Å². The van der Waals surface area contributed by atoms with E-state index in [2.05, 4.69) is 0 Å². The standard InChI is InChI=1S/C14H8ClFN2O3S.Na.H/c15-7-5-9-6(4-8(7)16)11(13(20)18(9)14(17)21)12(19)10-2-1-3-22-10;;/h1-5,19H,(H2,17,21);;/b12-11+;;. The van der Waals surface area contributed by atoms with Gasteiger partial charge >= 0.3 is 35.6 Å². The molecule has 0 spiro atoms. The SMILES string of the molecule is NC(=O)N1C(=O)/C(=C(/O)c2cccs2)c2cc(F)c(Cl)cc21.[NaH]. The van der Waals surface area contributed by atoms with Crippen molar-refractivity contribution >= 4 is 81.5 Å². The Hall–Kier alpha value is -1.38. The molecule has 3 N–H and O–H groups in total. The number of carbonyl (C=O) groups is 2. The zero-order valence-electron chi connectivity index (χ0n) is 10.8. The summed E-state index contributed by atoms with van der Waals surface area (Å²) in [4.78, 5) is 25.0. The summed E-state index contributed by atoms with van der Waals surface area (Å²) in [7, 11) is 0. The van der Waals surface area contributed by atoms with Crippen LogP contribution in [0.1, 0.15) is 10.4 Å². The van der Waals surface area contributed by atoms with Crippen LogP contribution in [0.4, 0.5) is 14.9 Å². The summed E-state index contributed by atoms with van der Waals surface area (Å²) < 4.78 is 13.7. The number of hydrogen-bond acceptors (Lipinski definition) is 4. The van der Waals surface area contributed by atoms with Gasteiger partial charge in [-0.1, -0.05) is 17.7 Å². The van der Waals surface area contributed by atoms with Crippen molar-refractivity contribution in [2.24, 2.45) is 5.73 Å². The van der Waals surface area contributed by atoms with Crippen LogP contribution in [-0.2, 0) is 4.79 Å². The molecule has 5 nitrogen and oxygen atoms in total. The summed E-state index contributed by atoms with van der Waals surface area (Å²) in [6.07, 6.45) is 0. The maximum atomic E-state index is 13.7. The third-order valence-corrected chi connectivity index (χ3v) is 4.34. The number of fused-ring (bicyclic) bond motifs is 1. The second-order valence-electron chi connectivity index (χ2n) is 4.46. The fraction of sp³-hybridized carbons (Fsp3) is 0. The number of thiophene rings is 1. The molecule has 0 atom stereocenters. The number of aliphatic hydroxyl groups is 1. The molecular formula is C14H9ClFN2NaO3S. The number of aliphatic hydroxyl groups excluding tert-OH is 1. The van der Waals surface area contributed by atoms with Crippen LogP contribution in [0.15, 0.2) is 29.6 Å². The first-order valence-corrected chi connectivity index (χ1v) is 7.28. The number of imide groups is 1. The number of benzene rings is 1.